The molecule has 13 heteroatoms. The monoisotopic (exact) mass is 499 g/mol. The van der Waals surface area contributed by atoms with Crippen molar-refractivity contribution in [2.45, 2.75) is 62.6 Å². The van der Waals surface area contributed by atoms with Crippen LogP contribution in [0.25, 0.3) is 5.52 Å². The van der Waals surface area contributed by atoms with Crippen LogP contribution in [0, 0.1) is 10.8 Å². The van der Waals surface area contributed by atoms with E-state index in [1.807, 2.05) is 20.8 Å². The van der Waals surface area contributed by atoms with E-state index in [0.29, 0.717) is 36.1 Å². The van der Waals surface area contributed by atoms with E-state index in [1.165, 1.54) is 16.8 Å². The first-order valence-corrected chi connectivity index (χ1v) is 12.9. The number of nitrogens with one attached hydrogen (secondary N) is 4. The Hall–Kier alpha value is -2.09. The number of imidazole rings is 1. The molecule has 33 heavy (non-hydrogen) atoms. The molecule has 2 atom stereocenters. The molecule has 0 radical (unpaired) electrons. The van der Waals surface area contributed by atoms with Gasteiger partial charge in [-0.3, -0.25) is 15.2 Å². The minimum Gasteiger partial charge on any atom is -0.364 e. The summed E-state index contributed by atoms with van der Waals surface area (Å²) in [4.78, 5) is 6.34. The van der Waals surface area contributed by atoms with Crippen LogP contribution < -0.4 is 14.9 Å². The number of hydrogen-bond donors (Lipinski definition) is 4. The number of pyridine rings is 1. The first-order chi connectivity index (χ1) is 15.4. The van der Waals surface area contributed by atoms with Crippen molar-refractivity contribution in [3.05, 3.63) is 24.3 Å². The number of aromatic nitrogens is 2. The number of piperazine rings is 1. The summed E-state index contributed by atoms with van der Waals surface area (Å²) in [5, 5.41) is 17.7. The van der Waals surface area contributed by atoms with Gasteiger partial charge in [0.05, 0.1) is 17.4 Å². The molecule has 2 fully saturated rings. The van der Waals surface area contributed by atoms with Gasteiger partial charge in [0.15, 0.2) is 5.82 Å². The van der Waals surface area contributed by atoms with Crippen LogP contribution in [0.5, 0.6) is 0 Å². The van der Waals surface area contributed by atoms with Crippen molar-refractivity contribution in [3.8, 4) is 0 Å². The number of sulfonamides is 1. The summed E-state index contributed by atoms with van der Waals surface area (Å²) in [7, 11) is -3.88. The molecule has 4 rings (SSSR count). The lowest BCUT2D eigenvalue weighted by atomic mass is 10.1. The molecule has 180 valence electrons. The molecule has 2 aromatic rings. The molecule has 3 heterocycles. The number of rotatable bonds is 6. The molecule has 1 saturated carbocycles. The molecule has 2 aliphatic rings. The fraction of sp³-hybridized carbons (Fsp3) is 0.550. The molecular weight excluding hydrogens is 472 g/mol. The Morgan fingerprint density at radius 3 is 2.70 bits per heavy atom. The third-order valence-corrected chi connectivity index (χ3v) is 8.36. The lowest BCUT2D eigenvalue weighted by Crippen LogP contribution is -2.54. The van der Waals surface area contributed by atoms with Crippen LogP contribution in [0.4, 0.5) is 14.5 Å². The van der Waals surface area contributed by atoms with Crippen LogP contribution in [0.15, 0.2) is 23.4 Å². The van der Waals surface area contributed by atoms with Gasteiger partial charge in [-0.25, -0.2) is 26.9 Å². The van der Waals surface area contributed by atoms with Gasteiger partial charge in [-0.1, -0.05) is 0 Å². The first-order valence-electron chi connectivity index (χ1n) is 10.6. The summed E-state index contributed by atoms with van der Waals surface area (Å²) >= 11 is 0.301. The van der Waals surface area contributed by atoms with Crippen molar-refractivity contribution in [1.29, 1.82) is 10.8 Å². The maximum atomic E-state index is 13.2. The highest BCUT2D eigenvalue weighted by Crippen LogP contribution is 2.37. The minimum absolute atomic E-state index is 0.00664. The summed E-state index contributed by atoms with van der Waals surface area (Å²) in [5.74, 6) is 0.00664. The van der Waals surface area contributed by atoms with Gasteiger partial charge < -0.3 is 10.2 Å². The SMILES string of the molecule is C[C@@H]1CN[C@@H](C)CN1c1cc(S(=O)(=O)NC2(C)CC2)cn2c(C(=N)SC(=N)C(F)F)ncc12. The zero-order chi connectivity index (χ0) is 24.1. The zero-order valence-electron chi connectivity index (χ0n) is 18.5. The number of thioether (sulfide) groups is 1. The number of hydrogen-bond acceptors (Lipinski definition) is 8. The van der Waals surface area contributed by atoms with Gasteiger partial charge in [0, 0.05) is 36.9 Å². The number of halogens is 2. The van der Waals surface area contributed by atoms with Crippen molar-refractivity contribution < 1.29 is 17.2 Å². The largest absolute Gasteiger partial charge is 0.364 e. The van der Waals surface area contributed by atoms with Crippen molar-refractivity contribution in [3.63, 3.8) is 0 Å². The van der Waals surface area contributed by atoms with Gasteiger partial charge in [-0.2, -0.15) is 0 Å². The summed E-state index contributed by atoms with van der Waals surface area (Å²) in [6.45, 7) is 7.25. The Morgan fingerprint density at radius 1 is 1.36 bits per heavy atom. The first kappa shape index (κ1) is 24.0. The zero-order valence-corrected chi connectivity index (χ0v) is 20.2. The molecule has 1 aliphatic carbocycles. The maximum absolute atomic E-state index is 13.2. The topological polar surface area (TPSA) is 126 Å². The van der Waals surface area contributed by atoms with E-state index in [9.17, 15) is 17.2 Å². The van der Waals surface area contributed by atoms with Crippen LogP contribution in [0.1, 0.15) is 39.4 Å². The van der Waals surface area contributed by atoms with E-state index < -0.39 is 27.0 Å². The fourth-order valence-corrected chi connectivity index (χ4v) is 5.86. The third kappa shape index (κ3) is 4.91. The van der Waals surface area contributed by atoms with Crippen molar-refractivity contribution in [2.75, 3.05) is 18.0 Å². The number of alkyl halides is 2. The van der Waals surface area contributed by atoms with Gasteiger partial charge >= 0.3 is 0 Å². The van der Waals surface area contributed by atoms with E-state index >= 15 is 0 Å². The maximum Gasteiger partial charge on any atom is 0.285 e. The van der Waals surface area contributed by atoms with Crippen LogP contribution in [0.2, 0.25) is 0 Å². The quantitative estimate of drug-likeness (QED) is 0.358. The Labute approximate surface area is 195 Å². The summed E-state index contributed by atoms with van der Waals surface area (Å²) in [6.07, 6.45) is 1.38. The van der Waals surface area contributed by atoms with Crippen molar-refractivity contribution in [2.24, 2.45) is 0 Å². The average Bonchev–Trinajstić information content (AvgIpc) is 3.29. The lowest BCUT2D eigenvalue weighted by Gasteiger charge is -2.39. The summed E-state index contributed by atoms with van der Waals surface area (Å²) in [5.41, 5.74) is 0.730. The molecule has 1 aliphatic heterocycles. The smallest absolute Gasteiger partial charge is 0.285 e. The van der Waals surface area contributed by atoms with Gasteiger partial charge in [0.1, 0.15) is 15.0 Å². The predicted octanol–water partition coefficient (Wildman–Crippen LogP) is 2.65. The van der Waals surface area contributed by atoms with Gasteiger partial charge in [0.2, 0.25) is 10.0 Å². The van der Waals surface area contributed by atoms with E-state index in [-0.39, 0.29) is 27.8 Å². The van der Waals surface area contributed by atoms with E-state index in [2.05, 4.69) is 19.9 Å². The molecule has 0 amide bonds. The minimum atomic E-state index is -3.88. The molecule has 4 N–H and O–H groups in total. The van der Waals surface area contributed by atoms with E-state index in [4.69, 9.17) is 10.8 Å². The van der Waals surface area contributed by atoms with Crippen LogP contribution in [0.3, 0.4) is 0 Å². The molecule has 0 spiro atoms. The highest BCUT2D eigenvalue weighted by molar-refractivity contribution is 8.26. The third-order valence-electron chi connectivity index (χ3n) is 5.97. The number of anilines is 1. The summed E-state index contributed by atoms with van der Waals surface area (Å²) in [6, 6.07) is 1.85. The molecular formula is C20H27F2N7O2S2. The van der Waals surface area contributed by atoms with Gasteiger partial charge in [-0.15, -0.1) is 0 Å². The fourth-order valence-electron chi connectivity index (χ4n) is 3.83. The van der Waals surface area contributed by atoms with Crippen molar-refractivity contribution in [1.82, 2.24) is 19.4 Å². The molecule has 0 aromatic carbocycles. The number of fused-ring (bicyclic) bond motifs is 1. The van der Waals surface area contributed by atoms with Crippen LogP contribution in [-0.4, -0.2) is 65.0 Å². The van der Waals surface area contributed by atoms with Gasteiger partial charge in [-0.05, 0) is 51.4 Å². The lowest BCUT2D eigenvalue weighted by molar-refractivity contribution is 0.228. The molecule has 2 aromatic heterocycles. The second kappa shape index (κ2) is 8.60. The highest BCUT2D eigenvalue weighted by atomic mass is 32.2. The normalized spacial score (nSPS) is 22.7. The van der Waals surface area contributed by atoms with Crippen molar-refractivity contribution >= 4 is 43.1 Å². The highest BCUT2D eigenvalue weighted by Gasteiger charge is 2.41. The van der Waals surface area contributed by atoms with Crippen LogP contribution >= 0.6 is 11.8 Å². The average molecular weight is 500 g/mol. The second-order valence-electron chi connectivity index (χ2n) is 8.97. The standard InChI is InChI=1S/C20H27F2N7O2S2/c1-11-9-28(12(2)7-25-11)14-6-13(33(30,31)27-20(3)4-5-20)10-29-15(14)8-26-19(29)18(24)32-17(23)16(21)22/h6,8,10-12,16,23-25,27H,4-5,7,9H2,1-3H3/t11-,12+/m0/s1. The van der Waals surface area contributed by atoms with E-state index in [1.54, 1.807) is 6.07 Å². The Balaban J connectivity index is 1.84. The van der Waals surface area contributed by atoms with E-state index in [0.717, 1.165) is 12.8 Å². The molecule has 0 bridgehead atoms. The molecule has 1 saturated heterocycles. The Kier molecular flexibility index (Phi) is 6.27. The predicted molar refractivity (Wildman–Crippen MR) is 126 cm³/mol. The molecule has 0 unspecified atom stereocenters. The Bertz CT molecular complexity index is 1210. The molecule has 9 nitrogen and oxygen atoms in total. The summed E-state index contributed by atoms with van der Waals surface area (Å²) < 4.78 is 56.3. The number of nitrogens with zero attached hydrogens (tertiary/aromatic N) is 3. The van der Waals surface area contributed by atoms with Crippen LogP contribution in [-0.2, 0) is 10.0 Å². The second-order valence-corrected chi connectivity index (χ2v) is 11.7. The van der Waals surface area contributed by atoms with Gasteiger partial charge in [0.25, 0.3) is 6.43 Å². The Morgan fingerprint density at radius 2 is 2.06 bits per heavy atom.